The van der Waals surface area contributed by atoms with Crippen LogP contribution in [0.3, 0.4) is 0 Å². The lowest BCUT2D eigenvalue weighted by Crippen LogP contribution is -2.44. The Hall–Kier alpha value is -0.820. The lowest BCUT2D eigenvalue weighted by atomic mass is 9.91. The van der Waals surface area contributed by atoms with Gasteiger partial charge in [0.15, 0.2) is 0 Å². The van der Waals surface area contributed by atoms with E-state index in [0.29, 0.717) is 35.4 Å². The number of sulfonamides is 1. The first kappa shape index (κ1) is 19.9. The molecule has 0 aromatic heterocycles. The molecule has 5 nitrogen and oxygen atoms in total. The van der Waals surface area contributed by atoms with Crippen molar-refractivity contribution in [2.75, 3.05) is 6.54 Å². The van der Waals surface area contributed by atoms with Crippen LogP contribution < -0.4 is 4.72 Å². The predicted octanol–water partition coefficient (Wildman–Crippen LogP) is 3.82. The van der Waals surface area contributed by atoms with E-state index < -0.39 is 10.0 Å². The number of aryl methyl sites for hydroxylation is 1. The lowest BCUT2D eigenvalue weighted by molar-refractivity contribution is -0.130. The number of carbonyl (C=O) groups excluding carboxylic acids is 1. The van der Waals surface area contributed by atoms with Gasteiger partial charge in [-0.3, -0.25) is 4.79 Å². The SMILES string of the molecule is Cc1cc(Cl)c(C)c(S(=O)(=O)NC2CCC(N3CCCC3=O)CC2)c1Cl. The van der Waals surface area contributed by atoms with Gasteiger partial charge in [0.1, 0.15) is 4.90 Å². The summed E-state index contributed by atoms with van der Waals surface area (Å²) in [5, 5.41) is 0.610. The van der Waals surface area contributed by atoms with Crippen molar-refractivity contribution in [3.63, 3.8) is 0 Å². The molecular weight excluding hydrogens is 395 g/mol. The maximum atomic E-state index is 12.9. The number of benzene rings is 1. The molecule has 1 heterocycles. The van der Waals surface area contributed by atoms with Crippen molar-refractivity contribution in [1.29, 1.82) is 0 Å². The zero-order valence-corrected chi connectivity index (χ0v) is 17.3. The number of nitrogens with zero attached hydrogens (tertiary/aromatic N) is 1. The van der Waals surface area contributed by atoms with E-state index >= 15 is 0 Å². The van der Waals surface area contributed by atoms with Crippen molar-refractivity contribution in [2.45, 2.75) is 69.4 Å². The molecular formula is C18H24Cl2N2O3S. The molecule has 26 heavy (non-hydrogen) atoms. The summed E-state index contributed by atoms with van der Waals surface area (Å²) < 4.78 is 28.6. The van der Waals surface area contributed by atoms with Gasteiger partial charge in [0, 0.05) is 30.1 Å². The maximum absolute atomic E-state index is 12.9. The number of carbonyl (C=O) groups is 1. The summed E-state index contributed by atoms with van der Waals surface area (Å²) >= 11 is 12.4. The molecule has 1 aromatic rings. The molecule has 8 heteroatoms. The smallest absolute Gasteiger partial charge is 0.242 e. The molecule has 0 bridgehead atoms. The Morgan fingerprint density at radius 1 is 1.15 bits per heavy atom. The van der Waals surface area contributed by atoms with Crippen molar-refractivity contribution in [1.82, 2.24) is 9.62 Å². The van der Waals surface area contributed by atoms with E-state index in [1.807, 2.05) is 4.90 Å². The van der Waals surface area contributed by atoms with Crippen molar-refractivity contribution >= 4 is 39.1 Å². The first-order valence-corrected chi connectivity index (χ1v) is 11.2. The fourth-order valence-corrected chi connectivity index (χ4v) is 6.49. The summed E-state index contributed by atoms with van der Waals surface area (Å²) in [5.41, 5.74) is 1.10. The number of halogens is 2. The van der Waals surface area contributed by atoms with Gasteiger partial charge in [0.2, 0.25) is 15.9 Å². The third-order valence-electron chi connectivity index (χ3n) is 5.43. The van der Waals surface area contributed by atoms with Crippen molar-refractivity contribution in [2.24, 2.45) is 0 Å². The number of nitrogens with one attached hydrogen (secondary N) is 1. The number of hydrogen-bond acceptors (Lipinski definition) is 3. The quantitative estimate of drug-likeness (QED) is 0.807. The first-order chi connectivity index (χ1) is 12.2. The van der Waals surface area contributed by atoms with E-state index in [1.54, 1.807) is 19.9 Å². The van der Waals surface area contributed by atoms with Gasteiger partial charge in [-0.2, -0.15) is 0 Å². The van der Waals surface area contributed by atoms with Crippen molar-refractivity contribution < 1.29 is 13.2 Å². The molecule has 1 N–H and O–H groups in total. The highest BCUT2D eigenvalue weighted by Crippen LogP contribution is 2.34. The minimum Gasteiger partial charge on any atom is -0.340 e. The van der Waals surface area contributed by atoms with Crippen LogP contribution in [0.4, 0.5) is 0 Å². The number of likely N-dealkylation sites (tertiary alicyclic amines) is 1. The highest BCUT2D eigenvalue weighted by atomic mass is 35.5. The molecule has 1 aliphatic heterocycles. The minimum atomic E-state index is -3.76. The van der Waals surface area contributed by atoms with Gasteiger partial charge in [0.25, 0.3) is 0 Å². The van der Waals surface area contributed by atoms with Crippen LogP contribution in [-0.4, -0.2) is 37.9 Å². The standard InChI is InChI=1S/C18H24Cl2N2O3S/c1-11-10-15(19)12(2)18(17(11)20)26(24,25)21-13-5-7-14(8-6-13)22-9-3-4-16(22)23/h10,13-14,21H,3-9H2,1-2H3. The predicted molar refractivity (Wildman–Crippen MR) is 103 cm³/mol. The van der Waals surface area contributed by atoms with Gasteiger partial charge in [0.05, 0.1) is 5.02 Å². The summed E-state index contributed by atoms with van der Waals surface area (Å²) in [6.07, 6.45) is 4.63. The largest absolute Gasteiger partial charge is 0.340 e. The summed E-state index contributed by atoms with van der Waals surface area (Å²) in [5.74, 6) is 0.228. The van der Waals surface area contributed by atoms with Crippen LogP contribution >= 0.6 is 23.2 Å². The topological polar surface area (TPSA) is 66.5 Å². The Balaban J connectivity index is 1.71. The molecule has 0 spiro atoms. The van der Waals surface area contributed by atoms with Crippen molar-refractivity contribution in [3.8, 4) is 0 Å². The van der Waals surface area contributed by atoms with E-state index in [9.17, 15) is 13.2 Å². The molecule has 1 aromatic carbocycles. The molecule has 2 aliphatic rings. The summed E-state index contributed by atoms with van der Waals surface area (Å²) in [7, 11) is -3.76. The van der Waals surface area contributed by atoms with Crippen LogP contribution in [0, 0.1) is 13.8 Å². The van der Waals surface area contributed by atoms with Crippen LogP contribution in [0.25, 0.3) is 0 Å². The Labute approximate surface area is 165 Å². The van der Waals surface area contributed by atoms with Gasteiger partial charge >= 0.3 is 0 Å². The fourth-order valence-electron chi connectivity index (χ4n) is 3.97. The van der Waals surface area contributed by atoms with Gasteiger partial charge in [-0.25, -0.2) is 13.1 Å². The Morgan fingerprint density at radius 2 is 1.81 bits per heavy atom. The zero-order valence-electron chi connectivity index (χ0n) is 15.0. The monoisotopic (exact) mass is 418 g/mol. The van der Waals surface area contributed by atoms with E-state index in [4.69, 9.17) is 23.2 Å². The third kappa shape index (κ3) is 3.88. The average Bonchev–Trinajstić information content (AvgIpc) is 2.99. The molecule has 0 atom stereocenters. The Bertz CT molecular complexity index is 792. The highest BCUT2D eigenvalue weighted by Gasteiger charge is 2.33. The molecule has 1 saturated heterocycles. The minimum absolute atomic E-state index is 0.0704. The average molecular weight is 419 g/mol. The van der Waals surface area contributed by atoms with Gasteiger partial charge < -0.3 is 4.90 Å². The van der Waals surface area contributed by atoms with Gasteiger partial charge in [-0.05, 0) is 63.1 Å². The second-order valence-electron chi connectivity index (χ2n) is 7.26. The fraction of sp³-hybridized carbons (Fsp3) is 0.611. The molecule has 1 aliphatic carbocycles. The normalized spacial score (nSPS) is 24.3. The van der Waals surface area contributed by atoms with E-state index in [2.05, 4.69) is 4.72 Å². The Kier molecular flexibility index (Phi) is 5.87. The van der Waals surface area contributed by atoms with E-state index in [-0.39, 0.29) is 27.9 Å². The second-order valence-corrected chi connectivity index (χ2v) is 9.70. The maximum Gasteiger partial charge on any atom is 0.242 e. The van der Waals surface area contributed by atoms with Crippen LogP contribution in [0.15, 0.2) is 11.0 Å². The zero-order chi connectivity index (χ0) is 19.1. The van der Waals surface area contributed by atoms with Crippen LogP contribution in [0.1, 0.15) is 49.7 Å². The van der Waals surface area contributed by atoms with Gasteiger partial charge in [-0.15, -0.1) is 0 Å². The van der Waals surface area contributed by atoms with Crippen LogP contribution in [0.2, 0.25) is 10.0 Å². The summed E-state index contributed by atoms with van der Waals surface area (Å²) in [6.45, 7) is 4.24. The molecule has 1 amide bonds. The molecule has 3 rings (SSSR count). The lowest BCUT2D eigenvalue weighted by Gasteiger charge is -2.34. The van der Waals surface area contributed by atoms with Crippen molar-refractivity contribution in [3.05, 3.63) is 27.2 Å². The highest BCUT2D eigenvalue weighted by molar-refractivity contribution is 7.89. The molecule has 1 saturated carbocycles. The van der Waals surface area contributed by atoms with Crippen LogP contribution in [0.5, 0.6) is 0 Å². The van der Waals surface area contributed by atoms with E-state index in [1.165, 1.54) is 0 Å². The van der Waals surface area contributed by atoms with E-state index in [0.717, 1.165) is 25.8 Å². The summed E-state index contributed by atoms with van der Waals surface area (Å²) in [6, 6.07) is 1.77. The molecule has 0 radical (unpaired) electrons. The third-order valence-corrected chi connectivity index (χ3v) is 8.11. The van der Waals surface area contributed by atoms with Gasteiger partial charge in [-0.1, -0.05) is 23.2 Å². The number of amides is 1. The van der Waals surface area contributed by atoms with Crippen LogP contribution in [-0.2, 0) is 14.8 Å². The number of rotatable bonds is 4. The molecule has 144 valence electrons. The number of hydrogen-bond donors (Lipinski definition) is 1. The summed E-state index contributed by atoms with van der Waals surface area (Å²) in [4.78, 5) is 13.9. The molecule has 0 unspecified atom stereocenters. The first-order valence-electron chi connectivity index (χ1n) is 8.97. The Morgan fingerprint density at radius 3 is 2.38 bits per heavy atom. The second kappa shape index (κ2) is 7.66. The molecule has 2 fully saturated rings.